The molecule has 0 saturated carbocycles. The number of pyridine rings is 1. The van der Waals surface area contributed by atoms with Crippen molar-refractivity contribution in [1.82, 2.24) is 4.98 Å². The number of nitriles is 1. The maximum absolute atomic E-state index is 12.8. The molecule has 0 unspecified atom stereocenters. The van der Waals surface area contributed by atoms with Gasteiger partial charge in [0.05, 0.1) is 11.1 Å². The van der Waals surface area contributed by atoms with Gasteiger partial charge in [0.2, 0.25) is 5.95 Å². The Kier molecular flexibility index (Phi) is 2.90. The van der Waals surface area contributed by atoms with E-state index in [2.05, 4.69) is 4.98 Å². The number of halogens is 3. The van der Waals surface area contributed by atoms with Gasteiger partial charge in [-0.1, -0.05) is 0 Å². The fraction of sp³-hybridized carbons (Fsp3) is 0.125. The first-order valence-electron chi connectivity index (χ1n) is 3.59. The molecule has 7 heteroatoms. The highest BCUT2D eigenvalue weighted by molar-refractivity contribution is 5.88. The second kappa shape index (κ2) is 3.96. The van der Waals surface area contributed by atoms with Gasteiger partial charge in [-0.3, -0.25) is 0 Å². The predicted octanol–water partition coefficient (Wildman–Crippen LogP) is 1.73. The lowest BCUT2D eigenvalue weighted by Crippen LogP contribution is -2.08. The Labute approximate surface area is 81.6 Å². The van der Waals surface area contributed by atoms with Gasteiger partial charge in [0.1, 0.15) is 6.07 Å². The van der Waals surface area contributed by atoms with E-state index in [0.29, 0.717) is 6.07 Å². The molecule has 0 radical (unpaired) electrons. The fourth-order valence-corrected chi connectivity index (χ4v) is 0.908. The van der Waals surface area contributed by atoms with E-state index in [9.17, 15) is 18.0 Å². The summed E-state index contributed by atoms with van der Waals surface area (Å²) in [6.07, 6.45) is -3.15. The number of hydrogen-bond donors (Lipinski definition) is 1. The molecule has 0 aliphatic heterocycles. The maximum atomic E-state index is 12.8. The number of rotatable bonds is 2. The number of alkyl halides is 2. The maximum Gasteiger partial charge on any atom is 0.355 e. The lowest BCUT2D eigenvalue weighted by Gasteiger charge is -2.03. The summed E-state index contributed by atoms with van der Waals surface area (Å²) in [6.45, 7) is 0. The average molecular weight is 216 g/mol. The second-order valence-corrected chi connectivity index (χ2v) is 2.48. The number of nitrogens with zero attached hydrogens (tertiary/aromatic N) is 2. The summed E-state index contributed by atoms with van der Waals surface area (Å²) in [4.78, 5) is 13.2. The average Bonchev–Trinajstić information content (AvgIpc) is 2.16. The van der Waals surface area contributed by atoms with Crippen molar-refractivity contribution in [2.75, 3.05) is 0 Å². The summed E-state index contributed by atoms with van der Waals surface area (Å²) in [6, 6.07) is 1.84. The number of carboxylic acid groups (broad SMARTS) is 1. The van der Waals surface area contributed by atoms with Gasteiger partial charge in [-0.25, -0.2) is 18.6 Å². The zero-order chi connectivity index (χ0) is 11.6. The molecule has 4 nitrogen and oxygen atoms in total. The van der Waals surface area contributed by atoms with E-state index in [4.69, 9.17) is 10.4 Å². The topological polar surface area (TPSA) is 74.0 Å². The van der Waals surface area contributed by atoms with E-state index < -0.39 is 35.2 Å². The Morgan fingerprint density at radius 3 is 2.60 bits per heavy atom. The molecule has 1 N–H and O–H groups in total. The Bertz CT molecular complexity index is 454. The first-order chi connectivity index (χ1) is 6.97. The quantitative estimate of drug-likeness (QED) is 0.764. The van der Waals surface area contributed by atoms with Gasteiger partial charge in [0.25, 0.3) is 6.43 Å². The molecule has 1 rings (SSSR count). The van der Waals surface area contributed by atoms with Gasteiger partial charge in [0.15, 0.2) is 5.69 Å². The number of aromatic nitrogens is 1. The third-order valence-corrected chi connectivity index (χ3v) is 1.56. The van der Waals surface area contributed by atoms with Gasteiger partial charge in [0, 0.05) is 0 Å². The second-order valence-electron chi connectivity index (χ2n) is 2.48. The summed E-state index contributed by atoms with van der Waals surface area (Å²) < 4.78 is 37.1. The van der Waals surface area contributed by atoms with Crippen LogP contribution in [-0.4, -0.2) is 16.1 Å². The molecule has 78 valence electrons. The zero-order valence-electron chi connectivity index (χ0n) is 7.04. The van der Waals surface area contributed by atoms with Gasteiger partial charge in [-0.05, 0) is 6.07 Å². The Balaban J connectivity index is 3.44. The zero-order valence-corrected chi connectivity index (χ0v) is 7.04. The van der Waals surface area contributed by atoms with Crippen LogP contribution in [0.3, 0.4) is 0 Å². The summed E-state index contributed by atoms with van der Waals surface area (Å²) >= 11 is 0. The van der Waals surface area contributed by atoms with Crippen LogP contribution in [0.25, 0.3) is 0 Å². The normalized spacial score (nSPS) is 10.1. The van der Waals surface area contributed by atoms with Crippen LogP contribution in [0.15, 0.2) is 6.07 Å². The molecule has 1 aromatic rings. The van der Waals surface area contributed by atoms with Crippen LogP contribution in [0, 0.1) is 17.3 Å². The summed E-state index contributed by atoms with van der Waals surface area (Å²) in [5.74, 6) is -3.23. The molecule has 0 aromatic carbocycles. The smallest absolute Gasteiger partial charge is 0.355 e. The van der Waals surface area contributed by atoms with Crippen molar-refractivity contribution >= 4 is 5.97 Å². The lowest BCUT2D eigenvalue weighted by molar-refractivity contribution is 0.0687. The highest BCUT2D eigenvalue weighted by atomic mass is 19.3. The number of hydrogen-bond acceptors (Lipinski definition) is 3. The van der Waals surface area contributed by atoms with E-state index in [1.54, 1.807) is 0 Å². The molecule has 0 spiro atoms. The molecule has 0 saturated heterocycles. The highest BCUT2D eigenvalue weighted by Gasteiger charge is 2.21. The third-order valence-electron chi connectivity index (χ3n) is 1.56. The van der Waals surface area contributed by atoms with Crippen LogP contribution in [0.4, 0.5) is 13.2 Å². The molecule has 0 aliphatic carbocycles. The van der Waals surface area contributed by atoms with Crippen LogP contribution in [-0.2, 0) is 0 Å². The van der Waals surface area contributed by atoms with Crippen molar-refractivity contribution < 1.29 is 23.1 Å². The lowest BCUT2D eigenvalue weighted by atomic mass is 10.1. The number of aromatic carboxylic acids is 1. The van der Waals surface area contributed by atoms with Crippen molar-refractivity contribution in [2.24, 2.45) is 0 Å². The minimum Gasteiger partial charge on any atom is -0.476 e. The van der Waals surface area contributed by atoms with Gasteiger partial charge < -0.3 is 5.11 Å². The van der Waals surface area contributed by atoms with Crippen LogP contribution < -0.4 is 0 Å². The Morgan fingerprint density at radius 1 is 1.60 bits per heavy atom. The van der Waals surface area contributed by atoms with E-state index >= 15 is 0 Å². The summed E-state index contributed by atoms with van der Waals surface area (Å²) in [5.41, 5.74) is -2.56. The van der Waals surface area contributed by atoms with E-state index in [1.165, 1.54) is 6.07 Å². The predicted molar refractivity (Wildman–Crippen MR) is 40.8 cm³/mol. The molecule has 15 heavy (non-hydrogen) atoms. The molecule has 0 aliphatic rings. The minimum absolute atomic E-state index is 0.483. The van der Waals surface area contributed by atoms with Gasteiger partial charge in [-0.2, -0.15) is 9.65 Å². The van der Waals surface area contributed by atoms with Crippen molar-refractivity contribution in [2.45, 2.75) is 6.43 Å². The van der Waals surface area contributed by atoms with Gasteiger partial charge >= 0.3 is 5.97 Å². The standard InChI is InChI=1S/C8H3F3N2O2/c9-6(10)4-1-3(2-12)5(8(14)15)13-7(4)11/h1,6H,(H,14,15). The Morgan fingerprint density at radius 2 is 2.20 bits per heavy atom. The van der Waals surface area contributed by atoms with Crippen molar-refractivity contribution in [3.05, 3.63) is 28.8 Å². The SMILES string of the molecule is N#Cc1cc(C(F)F)c(F)nc1C(=O)O. The van der Waals surface area contributed by atoms with Crippen LogP contribution in [0.5, 0.6) is 0 Å². The van der Waals surface area contributed by atoms with Crippen LogP contribution >= 0.6 is 0 Å². The molecular formula is C8H3F3N2O2. The highest BCUT2D eigenvalue weighted by Crippen LogP contribution is 2.23. The van der Waals surface area contributed by atoms with Crippen LogP contribution in [0.2, 0.25) is 0 Å². The fourth-order valence-electron chi connectivity index (χ4n) is 0.908. The molecule has 0 fully saturated rings. The first-order valence-corrected chi connectivity index (χ1v) is 3.59. The molecule has 0 amide bonds. The van der Waals surface area contributed by atoms with Crippen molar-refractivity contribution in [1.29, 1.82) is 5.26 Å². The monoisotopic (exact) mass is 216 g/mol. The Hall–Kier alpha value is -2.10. The van der Waals surface area contributed by atoms with E-state index in [1.807, 2.05) is 0 Å². The first kappa shape index (κ1) is 11.0. The summed E-state index contributed by atoms with van der Waals surface area (Å²) in [5, 5.41) is 16.9. The van der Waals surface area contributed by atoms with Crippen molar-refractivity contribution in [3.8, 4) is 6.07 Å². The molecule has 1 heterocycles. The molecular weight excluding hydrogens is 213 g/mol. The van der Waals surface area contributed by atoms with E-state index in [-0.39, 0.29) is 0 Å². The van der Waals surface area contributed by atoms with Crippen molar-refractivity contribution in [3.63, 3.8) is 0 Å². The number of carboxylic acids is 1. The number of carbonyl (C=O) groups is 1. The third kappa shape index (κ3) is 2.04. The van der Waals surface area contributed by atoms with Crippen LogP contribution in [0.1, 0.15) is 28.0 Å². The molecule has 1 aromatic heterocycles. The molecule has 0 bridgehead atoms. The largest absolute Gasteiger partial charge is 0.476 e. The van der Waals surface area contributed by atoms with Gasteiger partial charge in [-0.15, -0.1) is 0 Å². The summed E-state index contributed by atoms with van der Waals surface area (Å²) in [7, 11) is 0. The molecule has 0 atom stereocenters. The minimum atomic E-state index is -3.15. The van der Waals surface area contributed by atoms with E-state index in [0.717, 1.165) is 0 Å².